The molecule has 2 aromatic rings. The topological polar surface area (TPSA) is 72.3 Å². The van der Waals surface area contributed by atoms with E-state index in [4.69, 9.17) is 9.84 Å². The Morgan fingerprint density at radius 1 is 1.39 bits per heavy atom. The maximum Gasteiger partial charge on any atom is 0.307 e. The van der Waals surface area contributed by atoms with Crippen molar-refractivity contribution in [3.63, 3.8) is 0 Å². The van der Waals surface area contributed by atoms with E-state index < -0.39 is 5.97 Å². The fourth-order valence-corrected chi connectivity index (χ4v) is 1.73. The maximum atomic E-state index is 10.8. The third kappa shape index (κ3) is 2.45. The Kier molecular flexibility index (Phi) is 3.52. The molecule has 0 aliphatic heterocycles. The molecule has 5 nitrogen and oxygen atoms in total. The molecule has 0 saturated carbocycles. The van der Waals surface area contributed by atoms with E-state index in [1.165, 1.54) is 12.5 Å². The molecule has 1 aromatic carbocycles. The quantitative estimate of drug-likeness (QED) is 0.887. The normalized spacial score (nSPS) is 10.1. The second kappa shape index (κ2) is 5.27. The van der Waals surface area contributed by atoms with Crippen molar-refractivity contribution in [2.75, 3.05) is 7.11 Å². The maximum absolute atomic E-state index is 10.8. The standard InChI is InChI=1S/C13H12N2O3/c1-18-11-5-3-2-4-10(11)13-9(6-12(16)17)7-14-8-15-13/h2-5,7-8H,6H2,1H3,(H,16,17). The number of ether oxygens (including phenoxy) is 1. The highest BCUT2D eigenvalue weighted by molar-refractivity contribution is 5.76. The number of nitrogens with zero attached hydrogens (tertiary/aromatic N) is 2. The Bertz CT molecular complexity index is 570. The summed E-state index contributed by atoms with van der Waals surface area (Å²) in [6, 6.07) is 7.35. The number of hydrogen-bond donors (Lipinski definition) is 1. The van der Waals surface area contributed by atoms with Crippen molar-refractivity contribution < 1.29 is 14.6 Å². The number of carboxylic acid groups (broad SMARTS) is 1. The van der Waals surface area contributed by atoms with Gasteiger partial charge in [0.15, 0.2) is 0 Å². The van der Waals surface area contributed by atoms with Gasteiger partial charge < -0.3 is 9.84 Å². The van der Waals surface area contributed by atoms with Gasteiger partial charge >= 0.3 is 5.97 Å². The first-order valence-corrected chi connectivity index (χ1v) is 5.36. The summed E-state index contributed by atoms with van der Waals surface area (Å²) in [5, 5.41) is 8.88. The summed E-state index contributed by atoms with van der Waals surface area (Å²) in [7, 11) is 1.57. The fraction of sp³-hybridized carbons (Fsp3) is 0.154. The molecule has 0 spiro atoms. The Morgan fingerprint density at radius 2 is 2.17 bits per heavy atom. The van der Waals surface area contributed by atoms with E-state index in [0.29, 0.717) is 17.0 Å². The van der Waals surface area contributed by atoms with Crippen LogP contribution in [0.4, 0.5) is 0 Å². The first-order valence-electron chi connectivity index (χ1n) is 5.36. The van der Waals surface area contributed by atoms with Gasteiger partial charge in [-0.1, -0.05) is 12.1 Å². The van der Waals surface area contributed by atoms with E-state index in [-0.39, 0.29) is 6.42 Å². The Labute approximate surface area is 104 Å². The molecule has 0 atom stereocenters. The lowest BCUT2D eigenvalue weighted by Crippen LogP contribution is -2.04. The zero-order chi connectivity index (χ0) is 13.0. The van der Waals surface area contributed by atoms with Crippen LogP contribution in [-0.4, -0.2) is 28.2 Å². The van der Waals surface area contributed by atoms with Crippen LogP contribution in [-0.2, 0) is 11.2 Å². The third-order valence-corrected chi connectivity index (χ3v) is 2.49. The molecule has 0 bridgehead atoms. The first kappa shape index (κ1) is 12.0. The largest absolute Gasteiger partial charge is 0.496 e. The molecular formula is C13H12N2O3. The lowest BCUT2D eigenvalue weighted by Gasteiger charge is -2.10. The number of benzene rings is 1. The summed E-state index contributed by atoms with van der Waals surface area (Å²) in [5.74, 6) is -0.260. The van der Waals surface area contributed by atoms with Crippen molar-refractivity contribution >= 4 is 5.97 Å². The van der Waals surface area contributed by atoms with Crippen LogP contribution < -0.4 is 4.74 Å². The Morgan fingerprint density at radius 3 is 2.89 bits per heavy atom. The molecule has 0 saturated heterocycles. The number of carbonyl (C=O) groups is 1. The highest BCUT2D eigenvalue weighted by atomic mass is 16.5. The summed E-state index contributed by atoms with van der Waals surface area (Å²) in [6.45, 7) is 0. The second-order valence-corrected chi connectivity index (χ2v) is 3.67. The van der Waals surface area contributed by atoms with Gasteiger partial charge in [0, 0.05) is 17.3 Å². The second-order valence-electron chi connectivity index (χ2n) is 3.67. The molecule has 0 radical (unpaired) electrons. The minimum Gasteiger partial charge on any atom is -0.496 e. The molecular weight excluding hydrogens is 232 g/mol. The summed E-state index contributed by atoms with van der Waals surface area (Å²) in [4.78, 5) is 18.8. The molecule has 0 aliphatic carbocycles. The predicted molar refractivity (Wildman–Crippen MR) is 65.4 cm³/mol. The molecule has 18 heavy (non-hydrogen) atoms. The van der Waals surface area contributed by atoms with Crippen LogP contribution in [0.2, 0.25) is 0 Å². The van der Waals surface area contributed by atoms with E-state index in [1.54, 1.807) is 7.11 Å². The van der Waals surface area contributed by atoms with Crippen LogP contribution >= 0.6 is 0 Å². The van der Waals surface area contributed by atoms with Crippen LogP contribution in [0.25, 0.3) is 11.3 Å². The van der Waals surface area contributed by atoms with Crippen molar-refractivity contribution in [2.45, 2.75) is 6.42 Å². The van der Waals surface area contributed by atoms with Crippen LogP contribution in [0.3, 0.4) is 0 Å². The van der Waals surface area contributed by atoms with E-state index in [1.807, 2.05) is 24.3 Å². The third-order valence-electron chi connectivity index (χ3n) is 2.49. The molecule has 1 aromatic heterocycles. The van der Waals surface area contributed by atoms with Crippen LogP contribution in [0.1, 0.15) is 5.56 Å². The summed E-state index contributed by atoms with van der Waals surface area (Å²) in [5.41, 5.74) is 1.91. The van der Waals surface area contributed by atoms with Gasteiger partial charge in [0.1, 0.15) is 12.1 Å². The van der Waals surface area contributed by atoms with Gasteiger partial charge in [-0.05, 0) is 12.1 Å². The zero-order valence-corrected chi connectivity index (χ0v) is 9.83. The summed E-state index contributed by atoms with van der Waals surface area (Å²) in [6.07, 6.45) is 2.80. The van der Waals surface area contributed by atoms with Gasteiger partial charge in [-0.3, -0.25) is 4.79 Å². The van der Waals surface area contributed by atoms with Crippen molar-refractivity contribution in [3.05, 3.63) is 42.4 Å². The molecule has 2 rings (SSSR count). The number of methoxy groups -OCH3 is 1. The highest BCUT2D eigenvalue weighted by Crippen LogP contribution is 2.30. The van der Waals surface area contributed by atoms with E-state index in [2.05, 4.69) is 9.97 Å². The average molecular weight is 244 g/mol. The van der Waals surface area contributed by atoms with Crippen LogP contribution in [0.5, 0.6) is 5.75 Å². The highest BCUT2D eigenvalue weighted by Gasteiger charge is 2.13. The molecule has 0 fully saturated rings. The molecule has 0 aliphatic rings. The van der Waals surface area contributed by atoms with Gasteiger partial charge in [0.2, 0.25) is 0 Å². The smallest absolute Gasteiger partial charge is 0.307 e. The van der Waals surface area contributed by atoms with Gasteiger partial charge in [-0.2, -0.15) is 0 Å². The first-order chi connectivity index (χ1) is 8.72. The van der Waals surface area contributed by atoms with E-state index in [0.717, 1.165) is 5.56 Å². The molecule has 0 amide bonds. The minimum absolute atomic E-state index is 0.117. The van der Waals surface area contributed by atoms with E-state index in [9.17, 15) is 4.79 Å². The molecule has 1 N–H and O–H groups in total. The number of para-hydroxylation sites is 1. The number of rotatable bonds is 4. The zero-order valence-electron chi connectivity index (χ0n) is 9.83. The summed E-state index contributed by atoms with van der Waals surface area (Å²) < 4.78 is 5.25. The number of aromatic nitrogens is 2. The van der Waals surface area contributed by atoms with Crippen LogP contribution in [0.15, 0.2) is 36.8 Å². The molecule has 92 valence electrons. The van der Waals surface area contributed by atoms with Crippen molar-refractivity contribution in [2.24, 2.45) is 0 Å². The average Bonchev–Trinajstić information content (AvgIpc) is 2.39. The molecule has 0 unspecified atom stereocenters. The number of hydrogen-bond acceptors (Lipinski definition) is 4. The van der Waals surface area contributed by atoms with Gasteiger partial charge in [0.05, 0.1) is 19.2 Å². The lowest BCUT2D eigenvalue weighted by molar-refractivity contribution is -0.136. The molecule has 1 heterocycles. The van der Waals surface area contributed by atoms with Crippen molar-refractivity contribution in [1.82, 2.24) is 9.97 Å². The minimum atomic E-state index is -0.916. The van der Waals surface area contributed by atoms with E-state index >= 15 is 0 Å². The van der Waals surface area contributed by atoms with Crippen molar-refractivity contribution in [3.8, 4) is 17.0 Å². The van der Waals surface area contributed by atoms with Gasteiger partial charge in [-0.25, -0.2) is 9.97 Å². The summed E-state index contributed by atoms with van der Waals surface area (Å²) >= 11 is 0. The SMILES string of the molecule is COc1ccccc1-c1ncncc1CC(=O)O. The Hall–Kier alpha value is -2.43. The van der Waals surface area contributed by atoms with Crippen LogP contribution in [0, 0.1) is 0 Å². The molecule has 5 heteroatoms. The fourth-order valence-electron chi connectivity index (χ4n) is 1.73. The monoisotopic (exact) mass is 244 g/mol. The predicted octanol–water partition coefficient (Wildman–Crippen LogP) is 1.78. The number of carboxylic acids is 1. The van der Waals surface area contributed by atoms with Gasteiger partial charge in [-0.15, -0.1) is 0 Å². The number of aliphatic carboxylic acids is 1. The van der Waals surface area contributed by atoms with Crippen molar-refractivity contribution in [1.29, 1.82) is 0 Å². The lowest BCUT2D eigenvalue weighted by atomic mass is 10.0. The Balaban J connectivity index is 2.53. The van der Waals surface area contributed by atoms with Gasteiger partial charge in [0.25, 0.3) is 0 Å².